The monoisotopic (exact) mass is 443 g/mol. The van der Waals surface area contributed by atoms with Crippen molar-refractivity contribution < 1.29 is 21.6 Å². The molecule has 158 valence electrons. The molecule has 0 fully saturated rings. The first-order chi connectivity index (χ1) is 14.6. The summed E-state index contributed by atoms with van der Waals surface area (Å²) < 4.78 is 64.6. The van der Waals surface area contributed by atoms with E-state index in [2.05, 4.69) is 5.10 Å². The van der Waals surface area contributed by atoms with Gasteiger partial charge in [0.25, 0.3) is 0 Å². The summed E-state index contributed by atoms with van der Waals surface area (Å²) in [6.07, 6.45) is -4.65. The highest BCUT2D eigenvalue weighted by Gasteiger charge is 2.35. The van der Waals surface area contributed by atoms with E-state index in [1.165, 1.54) is 24.3 Å². The quantitative estimate of drug-likeness (QED) is 0.489. The minimum absolute atomic E-state index is 0.148. The summed E-state index contributed by atoms with van der Waals surface area (Å²) in [5.74, 6) is 0. The second-order valence-corrected chi connectivity index (χ2v) is 8.34. The summed E-state index contributed by atoms with van der Waals surface area (Å²) >= 11 is 0. The Morgan fingerprint density at radius 2 is 1.39 bits per heavy atom. The normalized spacial score (nSPS) is 12.1. The fraction of sp³-hybridized carbons (Fsp3) is 0.0455. The third-order valence-corrected chi connectivity index (χ3v) is 5.63. The molecule has 0 aliphatic rings. The Hall–Kier alpha value is -3.43. The second-order valence-electron chi connectivity index (χ2n) is 6.77. The lowest BCUT2D eigenvalue weighted by Gasteiger charge is -2.12. The number of hydrogen-bond donors (Lipinski definition) is 1. The molecule has 2 N–H and O–H groups in total. The lowest BCUT2D eigenvalue weighted by molar-refractivity contribution is -0.141. The van der Waals surface area contributed by atoms with E-state index in [-0.39, 0.29) is 16.3 Å². The van der Waals surface area contributed by atoms with Crippen molar-refractivity contribution in [3.05, 3.63) is 90.6 Å². The molecule has 0 spiro atoms. The van der Waals surface area contributed by atoms with Gasteiger partial charge in [0, 0.05) is 5.56 Å². The molecule has 0 aliphatic heterocycles. The number of halogens is 3. The van der Waals surface area contributed by atoms with Gasteiger partial charge in [-0.15, -0.1) is 0 Å². The number of aromatic nitrogens is 2. The van der Waals surface area contributed by atoms with Crippen molar-refractivity contribution in [1.82, 2.24) is 9.78 Å². The topological polar surface area (TPSA) is 78.0 Å². The van der Waals surface area contributed by atoms with Crippen LogP contribution >= 0.6 is 0 Å². The zero-order chi connectivity index (χ0) is 22.2. The molecule has 0 saturated carbocycles. The molecule has 9 heteroatoms. The molecular weight excluding hydrogens is 427 g/mol. The van der Waals surface area contributed by atoms with Gasteiger partial charge in [-0.05, 0) is 41.5 Å². The van der Waals surface area contributed by atoms with Gasteiger partial charge < -0.3 is 0 Å². The predicted octanol–water partition coefficient (Wildman–Crippen LogP) is 4.87. The largest absolute Gasteiger partial charge is 0.435 e. The number of sulfonamides is 1. The van der Waals surface area contributed by atoms with Crippen molar-refractivity contribution in [2.24, 2.45) is 5.14 Å². The van der Waals surface area contributed by atoms with Gasteiger partial charge in [0.1, 0.15) is 0 Å². The van der Waals surface area contributed by atoms with E-state index in [0.29, 0.717) is 5.56 Å². The Morgan fingerprint density at radius 3 is 1.97 bits per heavy atom. The maximum absolute atomic E-state index is 13.5. The average Bonchev–Trinajstić information content (AvgIpc) is 3.20. The minimum Gasteiger partial charge on any atom is -0.232 e. The number of benzene rings is 3. The first-order valence-electron chi connectivity index (χ1n) is 9.10. The van der Waals surface area contributed by atoms with E-state index in [9.17, 15) is 21.6 Å². The van der Waals surface area contributed by atoms with Gasteiger partial charge in [-0.3, -0.25) is 0 Å². The van der Waals surface area contributed by atoms with Crippen molar-refractivity contribution in [2.45, 2.75) is 11.1 Å². The van der Waals surface area contributed by atoms with Crippen molar-refractivity contribution in [3.8, 4) is 28.1 Å². The van der Waals surface area contributed by atoms with Gasteiger partial charge in [0.2, 0.25) is 10.0 Å². The number of nitrogens with zero attached hydrogens (tertiary/aromatic N) is 2. The van der Waals surface area contributed by atoms with Crippen LogP contribution in [0.3, 0.4) is 0 Å². The number of hydrogen-bond acceptors (Lipinski definition) is 3. The number of alkyl halides is 3. The van der Waals surface area contributed by atoms with Crippen LogP contribution in [-0.4, -0.2) is 18.2 Å². The Bertz CT molecular complexity index is 1330. The first kappa shape index (κ1) is 20.8. The molecular formula is C22H16F3N3O2S. The zero-order valence-corrected chi connectivity index (χ0v) is 16.7. The summed E-state index contributed by atoms with van der Waals surface area (Å²) in [4.78, 5) is -0.148. The summed E-state index contributed by atoms with van der Waals surface area (Å²) in [5, 5.41) is 8.88. The molecule has 3 aromatic carbocycles. The average molecular weight is 443 g/mol. The fourth-order valence-electron chi connectivity index (χ4n) is 3.26. The van der Waals surface area contributed by atoms with Crippen LogP contribution in [-0.2, 0) is 16.2 Å². The molecule has 0 radical (unpaired) electrons. The fourth-order valence-corrected chi connectivity index (χ4v) is 3.78. The van der Waals surface area contributed by atoms with Crippen molar-refractivity contribution in [2.75, 3.05) is 0 Å². The Kier molecular flexibility index (Phi) is 5.16. The lowest BCUT2D eigenvalue weighted by atomic mass is 9.97. The van der Waals surface area contributed by atoms with Gasteiger partial charge in [0.15, 0.2) is 5.69 Å². The van der Waals surface area contributed by atoms with Gasteiger partial charge in [0.05, 0.1) is 16.3 Å². The standard InChI is InChI=1S/C22H16F3N3O2S/c23-22(24,25)21-14-20(19-9-5-4-8-18(19)15-6-2-1-3-7-15)28(27-21)16-10-12-17(13-11-16)31(26,29)30/h1-14H,(H2,26,29,30). The van der Waals surface area contributed by atoms with Crippen LogP contribution in [0.15, 0.2) is 89.8 Å². The summed E-state index contributed by atoms with van der Waals surface area (Å²) in [5.41, 5.74) is 1.55. The van der Waals surface area contributed by atoms with Gasteiger partial charge >= 0.3 is 6.18 Å². The van der Waals surface area contributed by atoms with E-state index in [1.54, 1.807) is 18.2 Å². The first-order valence-corrected chi connectivity index (χ1v) is 10.6. The highest BCUT2D eigenvalue weighted by molar-refractivity contribution is 7.89. The maximum Gasteiger partial charge on any atom is 0.435 e. The van der Waals surface area contributed by atoms with E-state index < -0.39 is 21.9 Å². The molecule has 0 atom stereocenters. The Balaban J connectivity index is 1.93. The van der Waals surface area contributed by atoms with Crippen LogP contribution in [0.25, 0.3) is 28.1 Å². The molecule has 4 rings (SSSR count). The van der Waals surface area contributed by atoms with Crippen LogP contribution < -0.4 is 5.14 Å². The third kappa shape index (κ3) is 4.23. The molecule has 0 bridgehead atoms. The van der Waals surface area contributed by atoms with E-state index >= 15 is 0 Å². The van der Waals surface area contributed by atoms with Gasteiger partial charge in [-0.2, -0.15) is 18.3 Å². The minimum atomic E-state index is -4.65. The van der Waals surface area contributed by atoms with Crippen LogP contribution in [0.2, 0.25) is 0 Å². The van der Waals surface area contributed by atoms with Crippen LogP contribution in [0.1, 0.15) is 5.69 Å². The number of nitrogens with two attached hydrogens (primary N) is 1. The summed E-state index contributed by atoms with van der Waals surface area (Å²) in [6.45, 7) is 0. The van der Waals surface area contributed by atoms with Crippen LogP contribution in [0, 0.1) is 0 Å². The van der Waals surface area contributed by atoms with E-state index in [4.69, 9.17) is 5.14 Å². The lowest BCUT2D eigenvalue weighted by Crippen LogP contribution is -2.12. The number of primary sulfonamides is 1. The van der Waals surface area contributed by atoms with Crippen LogP contribution in [0.5, 0.6) is 0 Å². The third-order valence-electron chi connectivity index (χ3n) is 4.70. The maximum atomic E-state index is 13.5. The molecule has 0 unspecified atom stereocenters. The van der Waals surface area contributed by atoms with Gasteiger partial charge in [-0.25, -0.2) is 18.2 Å². The number of rotatable bonds is 4. The molecule has 0 aliphatic carbocycles. The van der Waals surface area contributed by atoms with Crippen molar-refractivity contribution >= 4 is 10.0 Å². The molecule has 0 saturated heterocycles. The smallest absolute Gasteiger partial charge is 0.232 e. The highest BCUT2D eigenvalue weighted by atomic mass is 32.2. The molecule has 1 heterocycles. The molecule has 31 heavy (non-hydrogen) atoms. The van der Waals surface area contributed by atoms with E-state index in [1.807, 2.05) is 36.4 Å². The summed E-state index contributed by atoms with van der Waals surface area (Å²) in [6, 6.07) is 22.5. The van der Waals surface area contributed by atoms with Crippen LogP contribution in [0.4, 0.5) is 13.2 Å². The highest BCUT2D eigenvalue weighted by Crippen LogP contribution is 2.37. The van der Waals surface area contributed by atoms with Crippen molar-refractivity contribution in [1.29, 1.82) is 0 Å². The molecule has 4 aromatic rings. The Labute approximate surface area is 176 Å². The van der Waals surface area contributed by atoms with Gasteiger partial charge in [-0.1, -0.05) is 54.6 Å². The molecule has 0 amide bonds. The van der Waals surface area contributed by atoms with E-state index in [0.717, 1.165) is 21.9 Å². The molecule has 5 nitrogen and oxygen atoms in total. The molecule has 1 aromatic heterocycles. The zero-order valence-electron chi connectivity index (χ0n) is 15.9. The van der Waals surface area contributed by atoms with Crippen molar-refractivity contribution in [3.63, 3.8) is 0 Å². The summed E-state index contributed by atoms with van der Waals surface area (Å²) in [7, 11) is -3.93. The Morgan fingerprint density at radius 1 is 0.806 bits per heavy atom. The predicted molar refractivity (Wildman–Crippen MR) is 111 cm³/mol. The SMILES string of the molecule is NS(=O)(=O)c1ccc(-n2nc(C(F)(F)F)cc2-c2ccccc2-c2ccccc2)cc1. The second kappa shape index (κ2) is 7.68.